The van der Waals surface area contributed by atoms with Gasteiger partial charge < -0.3 is 14.6 Å². The minimum absolute atomic E-state index is 0.201. The summed E-state index contributed by atoms with van der Waals surface area (Å²) in [4.78, 5) is 0. The largest absolute Gasteiger partial charge is 0.493 e. The third-order valence-electron chi connectivity index (χ3n) is 3.18. The van der Waals surface area contributed by atoms with Crippen LogP contribution in [0.4, 0.5) is 0 Å². The lowest BCUT2D eigenvalue weighted by Gasteiger charge is -2.16. The molecule has 21 heavy (non-hydrogen) atoms. The van der Waals surface area contributed by atoms with Gasteiger partial charge in [-0.05, 0) is 50.1 Å². The van der Waals surface area contributed by atoms with Crippen LogP contribution >= 0.6 is 0 Å². The highest BCUT2D eigenvalue weighted by molar-refractivity contribution is 5.36. The molecule has 0 saturated carbocycles. The Hall–Kier alpha value is -2.00. The van der Waals surface area contributed by atoms with E-state index in [0.717, 1.165) is 22.4 Å². The number of aliphatic hydroxyl groups excluding tert-OH is 1. The van der Waals surface area contributed by atoms with Gasteiger partial charge in [-0.1, -0.05) is 24.3 Å². The molecule has 0 bridgehead atoms. The monoisotopic (exact) mass is 286 g/mol. The molecule has 0 amide bonds. The smallest absolute Gasteiger partial charge is 0.125 e. The van der Waals surface area contributed by atoms with Crippen LogP contribution in [0.1, 0.15) is 29.7 Å². The van der Waals surface area contributed by atoms with E-state index in [1.54, 1.807) is 0 Å². The second-order valence-electron chi connectivity index (χ2n) is 5.12. The van der Waals surface area contributed by atoms with Crippen molar-refractivity contribution in [3.63, 3.8) is 0 Å². The molecule has 2 aromatic carbocycles. The molecule has 1 N–H and O–H groups in total. The van der Waals surface area contributed by atoms with E-state index in [9.17, 15) is 5.11 Å². The van der Waals surface area contributed by atoms with Gasteiger partial charge in [0.05, 0.1) is 6.61 Å². The van der Waals surface area contributed by atoms with Gasteiger partial charge in [-0.2, -0.15) is 0 Å². The van der Waals surface area contributed by atoms with Crippen molar-refractivity contribution in [1.29, 1.82) is 0 Å². The number of para-hydroxylation sites is 1. The maximum absolute atomic E-state index is 10.3. The molecular formula is C18H22O3. The van der Waals surface area contributed by atoms with E-state index >= 15 is 0 Å². The molecular weight excluding hydrogens is 264 g/mol. The maximum Gasteiger partial charge on any atom is 0.125 e. The third-order valence-corrected chi connectivity index (χ3v) is 3.18. The van der Waals surface area contributed by atoms with Crippen molar-refractivity contribution in [1.82, 2.24) is 0 Å². The fourth-order valence-electron chi connectivity index (χ4n) is 2.32. The van der Waals surface area contributed by atoms with Crippen LogP contribution < -0.4 is 9.47 Å². The third kappa shape index (κ3) is 4.23. The van der Waals surface area contributed by atoms with Crippen LogP contribution in [-0.4, -0.2) is 18.3 Å². The van der Waals surface area contributed by atoms with Gasteiger partial charge in [0.15, 0.2) is 0 Å². The summed E-state index contributed by atoms with van der Waals surface area (Å²) < 4.78 is 11.2. The van der Waals surface area contributed by atoms with E-state index in [2.05, 4.69) is 6.07 Å². The van der Waals surface area contributed by atoms with Crippen LogP contribution in [0.15, 0.2) is 42.5 Å². The van der Waals surface area contributed by atoms with Gasteiger partial charge in [-0.15, -0.1) is 0 Å². The standard InChI is InChI=1S/C18H22O3/c1-4-20-18-8-6-5-7-16(18)17(19)12-21-15-10-13(2)9-14(3)11-15/h5-11,17,19H,4,12H2,1-3H3. The molecule has 1 unspecified atom stereocenters. The van der Waals surface area contributed by atoms with Crippen molar-refractivity contribution in [3.05, 3.63) is 59.2 Å². The van der Waals surface area contributed by atoms with E-state index in [1.165, 1.54) is 0 Å². The maximum atomic E-state index is 10.3. The highest BCUT2D eigenvalue weighted by Crippen LogP contribution is 2.26. The van der Waals surface area contributed by atoms with Crippen LogP contribution in [0.25, 0.3) is 0 Å². The lowest BCUT2D eigenvalue weighted by atomic mass is 10.1. The topological polar surface area (TPSA) is 38.7 Å². The average molecular weight is 286 g/mol. The molecule has 0 heterocycles. The van der Waals surface area contributed by atoms with Crippen LogP contribution in [0.3, 0.4) is 0 Å². The van der Waals surface area contributed by atoms with Gasteiger partial charge in [-0.25, -0.2) is 0 Å². The number of hydrogen-bond acceptors (Lipinski definition) is 3. The fourth-order valence-corrected chi connectivity index (χ4v) is 2.32. The molecule has 3 heteroatoms. The first-order chi connectivity index (χ1) is 10.1. The van der Waals surface area contributed by atoms with Crippen molar-refractivity contribution in [2.24, 2.45) is 0 Å². The zero-order valence-corrected chi connectivity index (χ0v) is 12.8. The Morgan fingerprint density at radius 3 is 2.33 bits per heavy atom. The summed E-state index contributed by atoms with van der Waals surface area (Å²) in [5.41, 5.74) is 3.05. The summed E-state index contributed by atoms with van der Waals surface area (Å²) in [6.45, 7) is 6.76. The van der Waals surface area contributed by atoms with Crippen molar-refractivity contribution in [2.75, 3.05) is 13.2 Å². The van der Waals surface area contributed by atoms with Crippen molar-refractivity contribution in [2.45, 2.75) is 26.9 Å². The van der Waals surface area contributed by atoms with Crippen LogP contribution in [0.5, 0.6) is 11.5 Å². The fraction of sp³-hybridized carbons (Fsp3) is 0.333. The molecule has 2 aromatic rings. The second-order valence-corrected chi connectivity index (χ2v) is 5.12. The molecule has 0 aliphatic heterocycles. The summed E-state index contributed by atoms with van der Waals surface area (Å²) in [6, 6.07) is 13.5. The SMILES string of the molecule is CCOc1ccccc1C(O)COc1cc(C)cc(C)c1. The second kappa shape index (κ2) is 7.14. The molecule has 112 valence electrons. The van der Waals surface area contributed by atoms with Gasteiger partial charge in [0.2, 0.25) is 0 Å². The molecule has 0 saturated heterocycles. The van der Waals surface area contributed by atoms with E-state index in [1.807, 2.05) is 57.2 Å². The Morgan fingerprint density at radius 1 is 1.00 bits per heavy atom. The minimum atomic E-state index is -0.714. The summed E-state index contributed by atoms with van der Waals surface area (Å²) in [5.74, 6) is 1.48. The lowest BCUT2D eigenvalue weighted by Crippen LogP contribution is -2.11. The minimum Gasteiger partial charge on any atom is -0.493 e. The number of rotatable bonds is 6. The molecule has 2 rings (SSSR count). The highest BCUT2D eigenvalue weighted by atomic mass is 16.5. The zero-order valence-electron chi connectivity index (χ0n) is 12.8. The van der Waals surface area contributed by atoms with Gasteiger partial charge in [-0.3, -0.25) is 0 Å². The van der Waals surface area contributed by atoms with E-state index in [-0.39, 0.29) is 6.61 Å². The Kier molecular flexibility index (Phi) is 5.23. The van der Waals surface area contributed by atoms with E-state index in [0.29, 0.717) is 12.4 Å². The highest BCUT2D eigenvalue weighted by Gasteiger charge is 2.14. The Balaban J connectivity index is 2.06. The molecule has 0 radical (unpaired) electrons. The van der Waals surface area contributed by atoms with Gasteiger partial charge in [0.1, 0.15) is 24.2 Å². The summed E-state index contributed by atoms with van der Waals surface area (Å²) in [6.07, 6.45) is -0.714. The first kappa shape index (κ1) is 15.4. The van der Waals surface area contributed by atoms with Gasteiger partial charge in [0.25, 0.3) is 0 Å². The lowest BCUT2D eigenvalue weighted by molar-refractivity contribution is 0.105. The quantitative estimate of drug-likeness (QED) is 0.877. The normalized spacial score (nSPS) is 12.0. The predicted octanol–water partition coefficient (Wildman–Crippen LogP) is 3.81. The Morgan fingerprint density at radius 2 is 1.67 bits per heavy atom. The summed E-state index contributed by atoms with van der Waals surface area (Å²) >= 11 is 0. The average Bonchev–Trinajstić information content (AvgIpc) is 2.45. The summed E-state index contributed by atoms with van der Waals surface area (Å²) in [5, 5.41) is 10.3. The molecule has 1 atom stereocenters. The van der Waals surface area contributed by atoms with Gasteiger partial charge in [0, 0.05) is 5.56 Å². The van der Waals surface area contributed by atoms with Crippen molar-refractivity contribution in [3.8, 4) is 11.5 Å². The van der Waals surface area contributed by atoms with E-state index in [4.69, 9.17) is 9.47 Å². The molecule has 0 aliphatic carbocycles. The molecule has 0 fully saturated rings. The number of aryl methyl sites for hydroxylation is 2. The van der Waals surface area contributed by atoms with Crippen molar-refractivity contribution >= 4 is 0 Å². The zero-order chi connectivity index (χ0) is 15.2. The Labute approximate surface area is 126 Å². The summed E-state index contributed by atoms with van der Waals surface area (Å²) in [7, 11) is 0. The molecule has 0 aromatic heterocycles. The first-order valence-electron chi connectivity index (χ1n) is 7.21. The number of hydrogen-bond donors (Lipinski definition) is 1. The van der Waals surface area contributed by atoms with Gasteiger partial charge >= 0.3 is 0 Å². The molecule has 0 aliphatic rings. The molecule has 0 spiro atoms. The Bertz CT molecular complexity index is 573. The molecule has 3 nitrogen and oxygen atoms in total. The predicted molar refractivity (Wildman–Crippen MR) is 84.0 cm³/mol. The van der Waals surface area contributed by atoms with E-state index < -0.39 is 6.10 Å². The first-order valence-corrected chi connectivity index (χ1v) is 7.21. The number of benzene rings is 2. The number of aliphatic hydroxyl groups is 1. The van der Waals surface area contributed by atoms with Crippen LogP contribution in [0, 0.1) is 13.8 Å². The van der Waals surface area contributed by atoms with Crippen molar-refractivity contribution < 1.29 is 14.6 Å². The van der Waals surface area contributed by atoms with Crippen LogP contribution in [0.2, 0.25) is 0 Å². The number of ether oxygens (including phenoxy) is 2. The van der Waals surface area contributed by atoms with Crippen LogP contribution in [-0.2, 0) is 0 Å².